The van der Waals surface area contributed by atoms with Crippen molar-refractivity contribution in [3.63, 3.8) is 0 Å². The number of hydrogen-bond donors (Lipinski definition) is 3. The second-order valence-corrected chi connectivity index (χ2v) is 6.37. The lowest BCUT2D eigenvalue weighted by molar-refractivity contribution is -0.139. The Kier molecular flexibility index (Phi) is 8.75. The largest absolute Gasteiger partial charge is 0.483 e. The number of anilines is 1. The SMILES string of the molecule is CCCNC(=O)C(=O)N/N=C\c1ccccc1OCC(=O)Nc1ccccc1C(F)(F)F. The summed E-state index contributed by atoms with van der Waals surface area (Å²) in [6, 6.07) is 10.9. The van der Waals surface area contributed by atoms with Crippen molar-refractivity contribution < 1.29 is 32.3 Å². The van der Waals surface area contributed by atoms with E-state index in [2.05, 4.69) is 21.2 Å². The van der Waals surface area contributed by atoms with Crippen molar-refractivity contribution in [2.45, 2.75) is 19.5 Å². The highest BCUT2D eigenvalue weighted by Gasteiger charge is 2.33. The molecule has 2 rings (SSSR count). The van der Waals surface area contributed by atoms with Gasteiger partial charge in [-0.15, -0.1) is 0 Å². The van der Waals surface area contributed by atoms with E-state index >= 15 is 0 Å². The Morgan fingerprint density at radius 2 is 1.72 bits per heavy atom. The molecule has 0 fully saturated rings. The van der Waals surface area contributed by atoms with E-state index < -0.39 is 36.1 Å². The molecule has 0 atom stereocenters. The molecule has 32 heavy (non-hydrogen) atoms. The number of rotatable bonds is 8. The molecule has 3 N–H and O–H groups in total. The van der Waals surface area contributed by atoms with Crippen LogP contribution in [-0.2, 0) is 20.6 Å². The molecular formula is C21H21F3N4O4. The van der Waals surface area contributed by atoms with Crippen LogP contribution in [-0.4, -0.2) is 37.1 Å². The summed E-state index contributed by atoms with van der Waals surface area (Å²) < 4.78 is 44.5. The van der Waals surface area contributed by atoms with Crippen molar-refractivity contribution in [2.75, 3.05) is 18.5 Å². The molecule has 0 aromatic heterocycles. The Bertz CT molecular complexity index is 993. The number of benzene rings is 2. The molecule has 0 aliphatic rings. The summed E-state index contributed by atoms with van der Waals surface area (Å²) in [5, 5.41) is 8.24. The number of hydrazone groups is 1. The number of carbonyl (C=O) groups excluding carboxylic acids is 3. The normalized spacial score (nSPS) is 11.1. The molecule has 0 saturated heterocycles. The first-order valence-electron chi connectivity index (χ1n) is 9.51. The molecule has 0 radical (unpaired) electrons. The summed E-state index contributed by atoms with van der Waals surface area (Å²) in [4.78, 5) is 35.2. The van der Waals surface area contributed by atoms with Crippen LogP contribution in [0.25, 0.3) is 0 Å². The van der Waals surface area contributed by atoms with Gasteiger partial charge in [-0.3, -0.25) is 14.4 Å². The van der Waals surface area contributed by atoms with Gasteiger partial charge >= 0.3 is 18.0 Å². The topological polar surface area (TPSA) is 109 Å². The van der Waals surface area contributed by atoms with Crippen LogP contribution >= 0.6 is 0 Å². The van der Waals surface area contributed by atoms with Gasteiger partial charge in [0, 0.05) is 12.1 Å². The number of para-hydroxylation sites is 2. The van der Waals surface area contributed by atoms with Crippen molar-refractivity contribution in [1.82, 2.24) is 10.7 Å². The zero-order valence-corrected chi connectivity index (χ0v) is 17.0. The number of halogens is 3. The monoisotopic (exact) mass is 450 g/mol. The molecular weight excluding hydrogens is 429 g/mol. The summed E-state index contributed by atoms with van der Waals surface area (Å²) in [6.45, 7) is 1.62. The Labute approximate surface area is 181 Å². The van der Waals surface area contributed by atoms with Crippen LogP contribution in [0.4, 0.5) is 18.9 Å². The van der Waals surface area contributed by atoms with E-state index in [-0.39, 0.29) is 11.4 Å². The van der Waals surface area contributed by atoms with Gasteiger partial charge in [0.1, 0.15) is 5.75 Å². The summed E-state index contributed by atoms with van der Waals surface area (Å²) >= 11 is 0. The molecule has 8 nitrogen and oxygen atoms in total. The number of amides is 3. The predicted octanol–water partition coefficient (Wildman–Crippen LogP) is 2.70. The quantitative estimate of drug-likeness (QED) is 0.326. The average Bonchev–Trinajstić information content (AvgIpc) is 2.76. The van der Waals surface area contributed by atoms with E-state index in [1.807, 2.05) is 6.92 Å². The van der Waals surface area contributed by atoms with Crippen LogP contribution in [0.1, 0.15) is 24.5 Å². The molecule has 3 amide bonds. The van der Waals surface area contributed by atoms with Crippen molar-refractivity contribution in [3.05, 3.63) is 59.7 Å². The van der Waals surface area contributed by atoms with E-state index in [0.29, 0.717) is 18.5 Å². The first-order valence-corrected chi connectivity index (χ1v) is 9.51. The van der Waals surface area contributed by atoms with Gasteiger partial charge in [0.15, 0.2) is 6.61 Å². The molecule has 0 heterocycles. The molecule has 2 aromatic carbocycles. The second kappa shape index (κ2) is 11.5. The molecule has 0 saturated carbocycles. The van der Waals surface area contributed by atoms with E-state index in [0.717, 1.165) is 12.1 Å². The standard InChI is InChI=1S/C21H21F3N4O4/c1-2-11-25-19(30)20(31)28-26-12-14-7-3-6-10-17(14)32-13-18(29)27-16-9-5-4-8-15(16)21(22,23)24/h3-10,12H,2,11,13H2,1H3,(H,25,30)(H,27,29)(H,28,31)/b26-12-. The van der Waals surface area contributed by atoms with Crippen LogP contribution in [0.3, 0.4) is 0 Å². The fraction of sp³-hybridized carbons (Fsp3) is 0.238. The molecule has 0 aliphatic carbocycles. The van der Waals surface area contributed by atoms with E-state index in [9.17, 15) is 27.6 Å². The van der Waals surface area contributed by atoms with E-state index in [4.69, 9.17) is 4.74 Å². The fourth-order valence-electron chi connectivity index (χ4n) is 2.42. The van der Waals surface area contributed by atoms with E-state index in [1.54, 1.807) is 18.2 Å². The highest BCUT2D eigenvalue weighted by atomic mass is 19.4. The highest BCUT2D eigenvalue weighted by molar-refractivity contribution is 6.35. The third-order valence-corrected chi connectivity index (χ3v) is 3.90. The van der Waals surface area contributed by atoms with Gasteiger partial charge in [-0.1, -0.05) is 31.2 Å². The van der Waals surface area contributed by atoms with Gasteiger partial charge in [-0.2, -0.15) is 18.3 Å². The molecule has 11 heteroatoms. The van der Waals surface area contributed by atoms with Crippen LogP contribution in [0, 0.1) is 0 Å². The summed E-state index contributed by atoms with van der Waals surface area (Å²) in [7, 11) is 0. The molecule has 0 bridgehead atoms. The lowest BCUT2D eigenvalue weighted by atomic mass is 10.1. The number of nitrogens with zero attached hydrogens (tertiary/aromatic N) is 1. The first-order chi connectivity index (χ1) is 15.2. The number of alkyl halides is 3. The summed E-state index contributed by atoms with van der Waals surface area (Å²) in [6.07, 6.45) is -2.74. The van der Waals surface area contributed by atoms with E-state index in [1.165, 1.54) is 24.4 Å². The highest BCUT2D eigenvalue weighted by Crippen LogP contribution is 2.34. The zero-order chi connectivity index (χ0) is 23.6. The van der Waals surface area contributed by atoms with Gasteiger partial charge in [-0.25, -0.2) is 5.43 Å². The Morgan fingerprint density at radius 1 is 1.03 bits per heavy atom. The van der Waals surface area contributed by atoms with Gasteiger partial charge < -0.3 is 15.4 Å². The van der Waals surface area contributed by atoms with Crippen LogP contribution in [0.2, 0.25) is 0 Å². The maximum atomic E-state index is 13.0. The van der Waals surface area contributed by atoms with Crippen LogP contribution in [0.15, 0.2) is 53.6 Å². The van der Waals surface area contributed by atoms with Gasteiger partial charge in [0.25, 0.3) is 5.91 Å². The number of hydrogen-bond acceptors (Lipinski definition) is 5. The van der Waals surface area contributed by atoms with Crippen molar-refractivity contribution in [1.29, 1.82) is 0 Å². The lowest BCUT2D eigenvalue weighted by Gasteiger charge is -2.14. The minimum absolute atomic E-state index is 0.195. The Morgan fingerprint density at radius 3 is 2.44 bits per heavy atom. The van der Waals surface area contributed by atoms with Gasteiger partial charge in [0.05, 0.1) is 17.5 Å². The summed E-state index contributed by atoms with van der Waals surface area (Å²) in [5.41, 5.74) is 1.07. The predicted molar refractivity (Wildman–Crippen MR) is 111 cm³/mol. The number of carbonyl (C=O) groups is 3. The maximum Gasteiger partial charge on any atom is 0.418 e. The van der Waals surface area contributed by atoms with Gasteiger partial charge in [0.2, 0.25) is 0 Å². The van der Waals surface area contributed by atoms with Crippen molar-refractivity contribution in [3.8, 4) is 5.75 Å². The molecule has 0 spiro atoms. The smallest absolute Gasteiger partial charge is 0.418 e. The minimum atomic E-state index is -4.62. The molecule has 0 aliphatic heterocycles. The second-order valence-electron chi connectivity index (χ2n) is 6.37. The molecule has 0 unspecified atom stereocenters. The number of ether oxygens (including phenoxy) is 1. The van der Waals surface area contributed by atoms with Gasteiger partial charge in [-0.05, 0) is 30.7 Å². The Hall–Kier alpha value is -3.89. The molecule has 2 aromatic rings. The first kappa shape index (κ1) is 24.4. The fourth-order valence-corrected chi connectivity index (χ4v) is 2.42. The summed E-state index contributed by atoms with van der Waals surface area (Å²) in [5.74, 6) is -2.38. The van der Waals surface area contributed by atoms with Crippen LogP contribution < -0.4 is 20.8 Å². The number of nitrogens with one attached hydrogen (secondary N) is 3. The lowest BCUT2D eigenvalue weighted by Crippen LogP contribution is -2.38. The van der Waals surface area contributed by atoms with Crippen LogP contribution in [0.5, 0.6) is 5.75 Å². The molecule has 170 valence electrons. The maximum absolute atomic E-state index is 13.0. The zero-order valence-electron chi connectivity index (χ0n) is 17.0. The third-order valence-electron chi connectivity index (χ3n) is 3.90. The van der Waals surface area contributed by atoms with Crippen molar-refractivity contribution in [2.24, 2.45) is 5.10 Å². The van der Waals surface area contributed by atoms with Crippen molar-refractivity contribution >= 4 is 29.6 Å². The third kappa shape index (κ3) is 7.42. The average molecular weight is 450 g/mol. The minimum Gasteiger partial charge on any atom is -0.483 e. The Balaban J connectivity index is 1.97.